The van der Waals surface area contributed by atoms with E-state index in [0.29, 0.717) is 12.8 Å². The van der Waals surface area contributed by atoms with Crippen LogP contribution < -0.4 is 16.8 Å². The molecule has 0 bridgehead atoms. The normalized spacial score (nSPS) is 11.4. The van der Waals surface area contributed by atoms with Crippen molar-refractivity contribution in [2.75, 3.05) is 0 Å². The molecule has 148 valence electrons. The van der Waals surface area contributed by atoms with E-state index in [1.165, 1.54) is 0 Å². The van der Waals surface area contributed by atoms with Crippen LogP contribution in [0.2, 0.25) is 0 Å². The molecule has 0 aliphatic heterocycles. The van der Waals surface area contributed by atoms with E-state index in [-0.39, 0.29) is 25.4 Å². The lowest BCUT2D eigenvalue weighted by Crippen LogP contribution is -2.38. The van der Waals surface area contributed by atoms with Gasteiger partial charge in [-0.2, -0.15) is 0 Å². The summed E-state index contributed by atoms with van der Waals surface area (Å²) in [6, 6.07) is 4.95. The molecule has 5 N–H and O–H groups in total. The van der Waals surface area contributed by atoms with Gasteiger partial charge in [0, 0.05) is 12.8 Å². The molecule has 0 aliphatic rings. The van der Waals surface area contributed by atoms with Crippen LogP contribution in [0.25, 0.3) is 0 Å². The molecule has 1 aromatic carbocycles. The van der Waals surface area contributed by atoms with Crippen molar-refractivity contribution in [1.29, 1.82) is 0 Å². The van der Waals surface area contributed by atoms with Gasteiger partial charge in [0.25, 0.3) is 0 Å². The number of aryl methyl sites for hydroxylation is 2. The van der Waals surface area contributed by atoms with Gasteiger partial charge in [-0.25, -0.2) is 4.79 Å². The summed E-state index contributed by atoms with van der Waals surface area (Å²) < 4.78 is 5.26. The molecule has 0 radical (unpaired) electrons. The average molecular weight is 377 g/mol. The Kier molecular flexibility index (Phi) is 9.57. The number of rotatable bonds is 13. The Morgan fingerprint density at radius 1 is 1.15 bits per heavy atom. The van der Waals surface area contributed by atoms with Crippen molar-refractivity contribution in [3.8, 4) is 0 Å². The van der Waals surface area contributed by atoms with Crippen LogP contribution in [0.15, 0.2) is 18.2 Å². The Balaban J connectivity index is 2.54. The second-order valence-corrected chi connectivity index (χ2v) is 6.38. The molecule has 0 unspecified atom stereocenters. The van der Waals surface area contributed by atoms with E-state index in [1.54, 1.807) is 0 Å². The Morgan fingerprint density at radius 2 is 1.85 bits per heavy atom. The van der Waals surface area contributed by atoms with Gasteiger partial charge in [0.1, 0.15) is 12.6 Å². The molecular weight excluding hydrogens is 350 g/mol. The first-order valence-corrected chi connectivity index (χ1v) is 8.84. The summed E-state index contributed by atoms with van der Waals surface area (Å²) in [6.07, 6.45) is 3.32. The Bertz CT molecular complexity index is 675. The van der Waals surface area contributed by atoms with E-state index in [9.17, 15) is 19.2 Å². The van der Waals surface area contributed by atoms with Crippen molar-refractivity contribution in [1.82, 2.24) is 5.32 Å². The Morgan fingerprint density at radius 3 is 2.44 bits per heavy atom. The number of nitrogens with one attached hydrogen (secondary N) is 1. The summed E-state index contributed by atoms with van der Waals surface area (Å²) in [5, 5.41) is 2.34. The minimum atomic E-state index is -0.903. The van der Waals surface area contributed by atoms with Crippen LogP contribution in [0.4, 0.5) is 0 Å². The molecule has 8 nitrogen and oxygen atoms in total. The van der Waals surface area contributed by atoms with Gasteiger partial charge in [-0.1, -0.05) is 18.2 Å². The highest BCUT2D eigenvalue weighted by Gasteiger charge is 2.20. The topological polar surface area (TPSA) is 142 Å². The van der Waals surface area contributed by atoms with E-state index in [0.717, 1.165) is 36.0 Å². The zero-order chi connectivity index (χ0) is 20.2. The van der Waals surface area contributed by atoms with Gasteiger partial charge in [0.15, 0.2) is 0 Å². The number of hydrogen-bond donors (Lipinski definition) is 3. The molecule has 8 heteroatoms. The van der Waals surface area contributed by atoms with Gasteiger partial charge in [-0.05, 0) is 49.3 Å². The number of carbonyl (C=O) groups is 4. The fourth-order valence-electron chi connectivity index (χ4n) is 2.59. The first-order valence-electron chi connectivity index (χ1n) is 8.84. The van der Waals surface area contributed by atoms with Gasteiger partial charge in [0.05, 0.1) is 0 Å². The van der Waals surface area contributed by atoms with Gasteiger partial charge < -0.3 is 21.5 Å². The van der Waals surface area contributed by atoms with E-state index in [2.05, 4.69) is 5.32 Å². The first-order chi connectivity index (χ1) is 12.8. The smallest absolute Gasteiger partial charge is 0.328 e. The lowest BCUT2D eigenvalue weighted by Gasteiger charge is -2.15. The van der Waals surface area contributed by atoms with Crippen molar-refractivity contribution >= 4 is 24.2 Å². The maximum absolute atomic E-state index is 12.1. The minimum Gasteiger partial charge on any atom is -0.459 e. The molecule has 0 spiro atoms. The summed E-state index contributed by atoms with van der Waals surface area (Å²) in [7, 11) is 0. The van der Waals surface area contributed by atoms with E-state index in [4.69, 9.17) is 16.2 Å². The largest absolute Gasteiger partial charge is 0.459 e. The second kappa shape index (κ2) is 11.7. The molecule has 3 amide bonds. The van der Waals surface area contributed by atoms with Crippen LogP contribution in [-0.2, 0) is 36.9 Å². The standard InChI is InChI=1S/C19H27N3O5/c1-13-10-14(4-2-3-5-17(20)24)6-7-15(13)11-27-19(26)16(22-12-23)8-9-18(21)25/h6-7,10,12,16H,2-5,8-9,11H2,1H3,(H2,20,24)(H2,21,25)(H,22,23)/t16-/m0/s1. The number of amides is 3. The van der Waals surface area contributed by atoms with Crippen molar-refractivity contribution in [2.24, 2.45) is 11.5 Å². The van der Waals surface area contributed by atoms with Gasteiger partial charge in [-0.3, -0.25) is 14.4 Å². The fourth-order valence-corrected chi connectivity index (χ4v) is 2.59. The number of unbranched alkanes of at least 4 members (excludes halogenated alkanes) is 1. The quantitative estimate of drug-likeness (QED) is 0.262. The van der Waals surface area contributed by atoms with Gasteiger partial charge >= 0.3 is 5.97 Å². The summed E-state index contributed by atoms with van der Waals surface area (Å²) in [5.41, 5.74) is 13.1. The van der Waals surface area contributed by atoms with Crippen LogP contribution in [0.1, 0.15) is 48.8 Å². The van der Waals surface area contributed by atoms with Crippen LogP contribution >= 0.6 is 0 Å². The van der Waals surface area contributed by atoms with Crippen LogP contribution in [0.3, 0.4) is 0 Å². The summed E-state index contributed by atoms with van der Waals surface area (Å²) in [6.45, 7) is 1.99. The van der Waals surface area contributed by atoms with Gasteiger partial charge in [-0.15, -0.1) is 0 Å². The van der Waals surface area contributed by atoms with E-state index in [1.807, 2.05) is 25.1 Å². The molecular formula is C19H27N3O5. The van der Waals surface area contributed by atoms with Crippen molar-refractivity contribution in [3.63, 3.8) is 0 Å². The van der Waals surface area contributed by atoms with E-state index < -0.39 is 17.9 Å². The fraction of sp³-hybridized carbons (Fsp3) is 0.474. The Labute approximate surface area is 158 Å². The number of hydrogen-bond acceptors (Lipinski definition) is 5. The lowest BCUT2D eigenvalue weighted by atomic mass is 10.0. The number of carbonyl (C=O) groups excluding carboxylic acids is 4. The third-order valence-electron chi connectivity index (χ3n) is 4.15. The number of primary amides is 2. The Hall–Kier alpha value is -2.90. The molecule has 1 rings (SSSR count). The second-order valence-electron chi connectivity index (χ2n) is 6.38. The zero-order valence-electron chi connectivity index (χ0n) is 15.5. The molecule has 0 fully saturated rings. The highest BCUT2D eigenvalue weighted by Crippen LogP contribution is 2.15. The lowest BCUT2D eigenvalue weighted by molar-refractivity contribution is -0.148. The SMILES string of the molecule is Cc1cc(CCCCC(N)=O)ccc1COC(=O)[C@H](CCC(N)=O)NC=O. The third kappa shape index (κ3) is 8.84. The molecule has 1 aromatic rings. The third-order valence-corrected chi connectivity index (χ3v) is 4.15. The number of nitrogens with two attached hydrogens (primary N) is 2. The molecule has 27 heavy (non-hydrogen) atoms. The highest BCUT2D eigenvalue weighted by atomic mass is 16.5. The minimum absolute atomic E-state index is 0.0237. The van der Waals surface area contributed by atoms with Crippen LogP contribution in [-0.4, -0.2) is 30.2 Å². The molecule has 0 heterocycles. The number of esters is 1. The summed E-state index contributed by atoms with van der Waals surface area (Å²) in [5.74, 6) is -1.46. The predicted octanol–water partition coefficient (Wildman–Crippen LogP) is 0.616. The predicted molar refractivity (Wildman–Crippen MR) is 99.1 cm³/mol. The monoisotopic (exact) mass is 377 g/mol. The molecule has 1 atom stereocenters. The molecule has 0 aromatic heterocycles. The van der Waals surface area contributed by atoms with Crippen molar-refractivity contribution < 1.29 is 23.9 Å². The first kappa shape index (κ1) is 22.1. The highest BCUT2D eigenvalue weighted by molar-refractivity contribution is 5.80. The van der Waals surface area contributed by atoms with Crippen LogP contribution in [0, 0.1) is 6.92 Å². The van der Waals surface area contributed by atoms with Crippen LogP contribution in [0.5, 0.6) is 0 Å². The maximum atomic E-state index is 12.1. The van der Waals surface area contributed by atoms with Gasteiger partial charge in [0.2, 0.25) is 18.2 Å². The van der Waals surface area contributed by atoms with E-state index >= 15 is 0 Å². The van der Waals surface area contributed by atoms with Crippen molar-refractivity contribution in [2.45, 2.75) is 58.1 Å². The molecule has 0 saturated heterocycles. The van der Waals surface area contributed by atoms with Crippen molar-refractivity contribution in [3.05, 3.63) is 34.9 Å². The molecule has 0 saturated carbocycles. The number of benzene rings is 1. The summed E-state index contributed by atoms with van der Waals surface area (Å²) >= 11 is 0. The zero-order valence-corrected chi connectivity index (χ0v) is 15.5. The maximum Gasteiger partial charge on any atom is 0.328 e. The molecule has 0 aliphatic carbocycles. The average Bonchev–Trinajstić information content (AvgIpc) is 2.61. The number of ether oxygens (including phenoxy) is 1. The summed E-state index contributed by atoms with van der Waals surface area (Å²) in [4.78, 5) is 44.3.